The van der Waals surface area contributed by atoms with E-state index in [0.29, 0.717) is 24.3 Å². The summed E-state index contributed by atoms with van der Waals surface area (Å²) in [4.78, 5) is 25.5. The van der Waals surface area contributed by atoms with E-state index in [4.69, 9.17) is 4.74 Å². The highest BCUT2D eigenvalue weighted by Gasteiger charge is 2.42. The van der Waals surface area contributed by atoms with Crippen LogP contribution in [0.25, 0.3) is 0 Å². The molecule has 2 aromatic rings. The Morgan fingerprint density at radius 2 is 1.71 bits per heavy atom. The molecule has 1 heterocycles. The Labute approximate surface area is 178 Å². The fourth-order valence-corrected chi connectivity index (χ4v) is 4.52. The van der Waals surface area contributed by atoms with Crippen molar-refractivity contribution in [3.63, 3.8) is 0 Å². The van der Waals surface area contributed by atoms with Crippen molar-refractivity contribution in [3.05, 3.63) is 76.5 Å². The summed E-state index contributed by atoms with van der Waals surface area (Å²) in [6.45, 7) is 2.44. The van der Waals surface area contributed by atoms with Crippen molar-refractivity contribution in [2.24, 2.45) is 0 Å². The van der Waals surface area contributed by atoms with E-state index in [1.54, 1.807) is 0 Å². The van der Waals surface area contributed by atoms with E-state index in [0.717, 1.165) is 17.4 Å². The fraction of sp³-hybridized carbons (Fsp3) is 0.333. The molecule has 0 saturated carbocycles. The van der Waals surface area contributed by atoms with Gasteiger partial charge in [-0.3, -0.25) is 9.59 Å². The minimum atomic E-state index is -4.56. The first-order valence-electron chi connectivity index (χ1n) is 10.2. The van der Waals surface area contributed by atoms with E-state index in [2.05, 4.69) is 5.32 Å². The van der Waals surface area contributed by atoms with Crippen molar-refractivity contribution >= 4 is 11.7 Å². The second kappa shape index (κ2) is 8.21. The summed E-state index contributed by atoms with van der Waals surface area (Å²) in [5.74, 6) is -0.916. The third-order valence-electron chi connectivity index (χ3n) is 5.84. The largest absolute Gasteiger partial charge is 0.494 e. The molecule has 0 aromatic heterocycles. The molecule has 2 aliphatic rings. The number of alkyl halides is 3. The predicted molar refractivity (Wildman–Crippen MR) is 109 cm³/mol. The molecular formula is C24H22F3NO3. The van der Waals surface area contributed by atoms with Crippen LogP contribution >= 0.6 is 0 Å². The average Bonchev–Trinajstić information content (AvgIpc) is 2.73. The lowest BCUT2D eigenvalue weighted by Gasteiger charge is -2.35. The number of hydrogen-bond acceptors (Lipinski definition) is 3. The monoisotopic (exact) mass is 429 g/mol. The standard InChI is InChI=1S/C24H22F3NO3/c1-2-31-16-9-7-14(8-10-16)15-11-20-23(21(29)12-15)18(13-22(30)28-20)17-5-3-4-6-19(17)24(25,26)27/h3-10,15,18H,2,11-13H2,1H3,(H,28,30). The lowest BCUT2D eigenvalue weighted by molar-refractivity contribution is -0.138. The number of amides is 1. The van der Waals surface area contributed by atoms with Gasteiger partial charge in [-0.05, 0) is 48.6 Å². The number of Topliss-reactive ketones (excluding diaryl/α,β-unsaturated/α-hetero) is 1. The van der Waals surface area contributed by atoms with Crippen LogP contribution in [0.3, 0.4) is 0 Å². The number of halogens is 3. The third kappa shape index (κ3) is 4.22. The van der Waals surface area contributed by atoms with Crippen LogP contribution in [0, 0.1) is 0 Å². The molecule has 2 atom stereocenters. The summed E-state index contributed by atoms with van der Waals surface area (Å²) >= 11 is 0. The van der Waals surface area contributed by atoms with Gasteiger partial charge in [0.1, 0.15) is 5.75 Å². The van der Waals surface area contributed by atoms with Crippen LogP contribution in [0.1, 0.15) is 54.7 Å². The van der Waals surface area contributed by atoms with E-state index in [9.17, 15) is 22.8 Å². The van der Waals surface area contributed by atoms with Crippen LogP contribution in [-0.4, -0.2) is 18.3 Å². The van der Waals surface area contributed by atoms with Crippen LogP contribution in [0.15, 0.2) is 59.8 Å². The number of nitrogens with one attached hydrogen (secondary N) is 1. The number of ketones is 1. The van der Waals surface area contributed by atoms with Gasteiger partial charge in [-0.15, -0.1) is 0 Å². The van der Waals surface area contributed by atoms with Crippen LogP contribution in [-0.2, 0) is 15.8 Å². The minimum Gasteiger partial charge on any atom is -0.494 e. The highest BCUT2D eigenvalue weighted by Crippen LogP contribution is 2.45. The molecule has 7 heteroatoms. The van der Waals surface area contributed by atoms with Gasteiger partial charge in [0.2, 0.25) is 5.91 Å². The summed E-state index contributed by atoms with van der Waals surface area (Å²) in [6, 6.07) is 12.6. The number of rotatable bonds is 4. The Hall–Kier alpha value is -3.09. The summed E-state index contributed by atoms with van der Waals surface area (Å²) in [5, 5.41) is 2.75. The summed E-state index contributed by atoms with van der Waals surface area (Å²) in [6.07, 6.45) is -4.15. The number of ether oxygens (including phenoxy) is 1. The van der Waals surface area contributed by atoms with Crippen LogP contribution < -0.4 is 10.1 Å². The SMILES string of the molecule is CCOc1ccc(C2CC(=O)C3=C(C2)NC(=O)CC3c2ccccc2C(F)(F)F)cc1. The molecular weight excluding hydrogens is 407 g/mol. The van der Waals surface area contributed by atoms with Crippen LogP contribution in [0.4, 0.5) is 13.2 Å². The third-order valence-corrected chi connectivity index (χ3v) is 5.84. The molecule has 1 aliphatic carbocycles. The lowest BCUT2D eigenvalue weighted by atomic mass is 9.72. The first kappa shape index (κ1) is 21.2. The number of allylic oxidation sites excluding steroid dienone is 2. The Morgan fingerprint density at radius 1 is 1.00 bits per heavy atom. The number of hydrogen-bond donors (Lipinski definition) is 1. The lowest BCUT2D eigenvalue weighted by Crippen LogP contribution is -2.38. The zero-order valence-corrected chi connectivity index (χ0v) is 17.0. The maximum absolute atomic E-state index is 13.6. The molecule has 2 unspecified atom stereocenters. The van der Waals surface area contributed by atoms with Gasteiger partial charge >= 0.3 is 6.18 Å². The van der Waals surface area contributed by atoms with Gasteiger partial charge in [0.05, 0.1) is 12.2 Å². The molecule has 162 valence electrons. The molecule has 2 aromatic carbocycles. The Bertz CT molecular complexity index is 1040. The van der Waals surface area contributed by atoms with Gasteiger partial charge in [0.15, 0.2) is 5.78 Å². The first-order valence-corrected chi connectivity index (χ1v) is 10.2. The second-order valence-corrected chi connectivity index (χ2v) is 7.81. The molecule has 0 saturated heterocycles. The quantitative estimate of drug-likeness (QED) is 0.735. The zero-order valence-electron chi connectivity index (χ0n) is 17.0. The molecule has 1 N–H and O–H groups in total. The smallest absolute Gasteiger partial charge is 0.416 e. The molecule has 4 nitrogen and oxygen atoms in total. The number of benzene rings is 2. The molecule has 4 rings (SSSR count). The molecule has 31 heavy (non-hydrogen) atoms. The van der Waals surface area contributed by atoms with Gasteiger partial charge < -0.3 is 10.1 Å². The topological polar surface area (TPSA) is 55.4 Å². The zero-order chi connectivity index (χ0) is 22.2. The van der Waals surface area contributed by atoms with Crippen molar-refractivity contribution in [2.45, 2.75) is 44.2 Å². The van der Waals surface area contributed by atoms with Crippen molar-refractivity contribution in [1.29, 1.82) is 0 Å². The summed E-state index contributed by atoms with van der Waals surface area (Å²) in [5.41, 5.74) is 0.843. The molecule has 1 amide bonds. The highest BCUT2D eigenvalue weighted by atomic mass is 19.4. The highest BCUT2D eigenvalue weighted by molar-refractivity contribution is 6.02. The first-order chi connectivity index (χ1) is 14.8. The molecule has 0 fully saturated rings. The van der Waals surface area contributed by atoms with E-state index >= 15 is 0 Å². The second-order valence-electron chi connectivity index (χ2n) is 7.81. The molecule has 1 aliphatic heterocycles. The normalized spacial score (nSPS) is 21.5. The number of carbonyl (C=O) groups is 2. The maximum atomic E-state index is 13.6. The van der Waals surface area contributed by atoms with Gasteiger partial charge in [-0.25, -0.2) is 0 Å². The van der Waals surface area contributed by atoms with Crippen molar-refractivity contribution in [2.75, 3.05) is 6.61 Å². The minimum absolute atomic E-state index is 0.0229. The summed E-state index contributed by atoms with van der Waals surface area (Å²) < 4.78 is 46.2. The van der Waals surface area contributed by atoms with Crippen LogP contribution in [0.5, 0.6) is 5.75 Å². The van der Waals surface area contributed by atoms with E-state index in [1.165, 1.54) is 18.2 Å². The Kier molecular flexibility index (Phi) is 5.60. The van der Waals surface area contributed by atoms with Crippen molar-refractivity contribution < 1.29 is 27.5 Å². The van der Waals surface area contributed by atoms with E-state index in [-0.39, 0.29) is 36.0 Å². The molecule has 0 spiro atoms. The maximum Gasteiger partial charge on any atom is 0.416 e. The Balaban J connectivity index is 1.70. The number of carbonyl (C=O) groups excluding carboxylic acids is 2. The van der Waals surface area contributed by atoms with E-state index in [1.807, 2.05) is 31.2 Å². The average molecular weight is 429 g/mol. The van der Waals surface area contributed by atoms with E-state index < -0.39 is 17.7 Å². The van der Waals surface area contributed by atoms with Gasteiger partial charge in [-0.1, -0.05) is 30.3 Å². The van der Waals surface area contributed by atoms with Gasteiger partial charge in [0.25, 0.3) is 0 Å². The summed E-state index contributed by atoms with van der Waals surface area (Å²) in [7, 11) is 0. The predicted octanol–water partition coefficient (Wildman–Crippen LogP) is 5.11. The van der Waals surface area contributed by atoms with Crippen molar-refractivity contribution in [1.82, 2.24) is 5.32 Å². The molecule has 0 radical (unpaired) electrons. The van der Waals surface area contributed by atoms with Gasteiger partial charge in [-0.2, -0.15) is 13.2 Å². The van der Waals surface area contributed by atoms with Crippen LogP contribution in [0.2, 0.25) is 0 Å². The fourth-order valence-electron chi connectivity index (χ4n) is 4.52. The van der Waals surface area contributed by atoms with Gasteiger partial charge in [0, 0.05) is 30.0 Å². The Morgan fingerprint density at radius 3 is 2.39 bits per heavy atom. The van der Waals surface area contributed by atoms with Crippen molar-refractivity contribution in [3.8, 4) is 5.75 Å². The molecule has 0 bridgehead atoms.